The molecule has 1 aromatic heterocycles. The number of carbonyl (C=O) groups excluding carboxylic acids is 1. The van der Waals surface area contributed by atoms with E-state index in [1.54, 1.807) is 12.1 Å². The largest absolute Gasteiger partial charge is 0.416 e. The second-order valence-electron chi connectivity index (χ2n) is 13.0. The molecule has 2 aromatic carbocycles. The van der Waals surface area contributed by atoms with Crippen molar-refractivity contribution in [1.29, 1.82) is 0 Å². The predicted octanol–water partition coefficient (Wildman–Crippen LogP) is 8.72. The van der Waals surface area contributed by atoms with Crippen molar-refractivity contribution in [3.05, 3.63) is 78.0 Å². The maximum atomic E-state index is 13.1. The lowest BCUT2D eigenvalue weighted by atomic mass is 9.77. The third-order valence-electron chi connectivity index (χ3n) is 9.87. The Morgan fingerprint density at radius 3 is 2.41 bits per heavy atom. The maximum absolute atomic E-state index is 13.1. The average Bonchev–Trinajstić information content (AvgIpc) is 3.55. The maximum Gasteiger partial charge on any atom is 0.416 e. The molecule has 6 rings (SSSR count). The monoisotopic (exact) mass is 604 g/mol. The van der Waals surface area contributed by atoms with E-state index in [0.717, 1.165) is 74.2 Å². The average molecular weight is 605 g/mol. The van der Waals surface area contributed by atoms with Crippen LogP contribution in [0.5, 0.6) is 0 Å². The number of aromatic nitrogens is 1. The molecule has 44 heavy (non-hydrogen) atoms. The van der Waals surface area contributed by atoms with Crippen LogP contribution in [0, 0.1) is 11.8 Å². The Morgan fingerprint density at radius 2 is 1.61 bits per heavy atom. The summed E-state index contributed by atoms with van der Waals surface area (Å²) >= 11 is 0. The highest BCUT2D eigenvalue weighted by Crippen LogP contribution is 2.36. The number of amides is 1. The van der Waals surface area contributed by atoms with Crippen molar-refractivity contribution in [2.24, 2.45) is 11.8 Å². The summed E-state index contributed by atoms with van der Waals surface area (Å²) in [5, 5.41) is 6.96. The van der Waals surface area contributed by atoms with Gasteiger partial charge in [0.15, 0.2) is 0 Å². The Kier molecular flexibility index (Phi) is 9.43. The lowest BCUT2D eigenvalue weighted by Crippen LogP contribution is -2.39. The standard InChI is InChI=1S/C36H43F3N4O/c37-36(38,39)30-14-16-32(17-15-30)43-20-6-7-25(24-43)21-28-8-1-4-13-33(28)42-34-23-27(18-19-40-34)26-9-5-10-29(22-26)35(44)41-31-11-2-3-12-31/h5,9-10,14-19,22-23,25,28,31,33H,1-4,6-8,11-13,20-21,24H2,(H,40,42)(H,41,44)/t25-,28+,33-/m1/s1. The van der Waals surface area contributed by atoms with Gasteiger partial charge in [-0.15, -0.1) is 0 Å². The topological polar surface area (TPSA) is 57.3 Å². The quantitative estimate of drug-likeness (QED) is 0.270. The van der Waals surface area contributed by atoms with E-state index in [2.05, 4.69) is 26.6 Å². The van der Waals surface area contributed by atoms with Gasteiger partial charge in [0.1, 0.15) is 5.82 Å². The molecule has 3 aliphatic rings. The summed E-state index contributed by atoms with van der Waals surface area (Å²) in [6, 6.07) is 18.2. The summed E-state index contributed by atoms with van der Waals surface area (Å²) in [7, 11) is 0. The van der Waals surface area contributed by atoms with Crippen LogP contribution in [0.4, 0.5) is 24.7 Å². The summed E-state index contributed by atoms with van der Waals surface area (Å²) in [4.78, 5) is 19.8. The number of carbonyl (C=O) groups is 1. The van der Waals surface area contributed by atoms with Gasteiger partial charge >= 0.3 is 6.18 Å². The summed E-state index contributed by atoms with van der Waals surface area (Å²) in [6.07, 6.45) is 10.0. The lowest BCUT2D eigenvalue weighted by molar-refractivity contribution is -0.137. The van der Waals surface area contributed by atoms with Crippen LogP contribution < -0.4 is 15.5 Å². The zero-order valence-corrected chi connectivity index (χ0v) is 25.3. The van der Waals surface area contributed by atoms with Crippen LogP contribution in [0.15, 0.2) is 66.9 Å². The molecule has 234 valence electrons. The predicted molar refractivity (Wildman–Crippen MR) is 170 cm³/mol. The number of anilines is 2. The third-order valence-corrected chi connectivity index (χ3v) is 9.87. The van der Waals surface area contributed by atoms with Crippen molar-refractivity contribution < 1.29 is 18.0 Å². The van der Waals surface area contributed by atoms with Crippen LogP contribution in [0.25, 0.3) is 11.1 Å². The number of nitrogens with zero attached hydrogens (tertiary/aromatic N) is 2. The smallest absolute Gasteiger partial charge is 0.371 e. The molecule has 3 aromatic rings. The number of benzene rings is 2. The van der Waals surface area contributed by atoms with Crippen molar-refractivity contribution in [2.75, 3.05) is 23.3 Å². The molecule has 0 radical (unpaired) electrons. The van der Waals surface area contributed by atoms with Gasteiger partial charge in [-0.2, -0.15) is 13.2 Å². The first-order valence-corrected chi connectivity index (χ1v) is 16.4. The van der Waals surface area contributed by atoms with Gasteiger partial charge < -0.3 is 15.5 Å². The summed E-state index contributed by atoms with van der Waals surface area (Å²) < 4.78 is 39.2. The minimum Gasteiger partial charge on any atom is -0.371 e. The molecule has 5 nitrogen and oxygen atoms in total. The third kappa shape index (κ3) is 7.56. The molecule has 3 atom stereocenters. The zero-order chi connectivity index (χ0) is 30.5. The van der Waals surface area contributed by atoms with Crippen LogP contribution in [-0.2, 0) is 6.18 Å². The zero-order valence-electron chi connectivity index (χ0n) is 25.3. The fraction of sp³-hybridized carbons (Fsp3) is 0.500. The fourth-order valence-corrected chi connectivity index (χ4v) is 7.52. The molecule has 3 fully saturated rings. The minimum atomic E-state index is -4.31. The van der Waals surface area contributed by atoms with Gasteiger partial charge in [0.25, 0.3) is 5.91 Å². The molecule has 0 unspecified atom stereocenters. The second kappa shape index (κ2) is 13.6. The number of halogens is 3. The van der Waals surface area contributed by atoms with Crippen molar-refractivity contribution in [3.8, 4) is 11.1 Å². The first kappa shape index (κ1) is 30.5. The number of piperidine rings is 1. The van der Waals surface area contributed by atoms with Crippen LogP contribution >= 0.6 is 0 Å². The highest BCUT2D eigenvalue weighted by molar-refractivity contribution is 5.95. The Hall–Kier alpha value is -3.55. The fourth-order valence-electron chi connectivity index (χ4n) is 7.52. The van der Waals surface area contributed by atoms with E-state index in [0.29, 0.717) is 23.4 Å². The van der Waals surface area contributed by atoms with E-state index in [1.165, 1.54) is 44.2 Å². The van der Waals surface area contributed by atoms with E-state index in [1.807, 2.05) is 36.5 Å². The van der Waals surface area contributed by atoms with E-state index in [9.17, 15) is 18.0 Å². The van der Waals surface area contributed by atoms with Gasteiger partial charge in [-0.1, -0.05) is 37.8 Å². The van der Waals surface area contributed by atoms with Gasteiger partial charge in [-0.25, -0.2) is 4.98 Å². The number of rotatable bonds is 8. The molecule has 0 spiro atoms. The number of nitrogens with one attached hydrogen (secondary N) is 2. The normalized spacial score (nSPS) is 23.0. The van der Waals surface area contributed by atoms with Crippen molar-refractivity contribution in [3.63, 3.8) is 0 Å². The van der Waals surface area contributed by atoms with Crippen LogP contribution in [-0.4, -0.2) is 36.1 Å². The van der Waals surface area contributed by atoms with Gasteiger partial charge in [0.2, 0.25) is 0 Å². The Morgan fingerprint density at radius 1 is 0.864 bits per heavy atom. The first-order valence-electron chi connectivity index (χ1n) is 16.4. The Balaban J connectivity index is 1.09. The Labute approximate surface area is 258 Å². The highest BCUT2D eigenvalue weighted by atomic mass is 19.4. The molecule has 2 saturated carbocycles. The van der Waals surface area contributed by atoms with Crippen LogP contribution in [0.2, 0.25) is 0 Å². The number of hydrogen-bond acceptors (Lipinski definition) is 4. The molecular weight excluding hydrogens is 561 g/mol. The molecule has 2 heterocycles. The van der Waals surface area contributed by atoms with Gasteiger partial charge in [-0.05, 0) is 116 Å². The summed E-state index contributed by atoms with van der Waals surface area (Å²) in [6.45, 7) is 1.77. The van der Waals surface area contributed by atoms with Crippen molar-refractivity contribution in [2.45, 2.75) is 88.9 Å². The van der Waals surface area contributed by atoms with Crippen molar-refractivity contribution >= 4 is 17.4 Å². The van der Waals surface area contributed by atoms with Gasteiger partial charge in [0.05, 0.1) is 5.56 Å². The molecule has 1 amide bonds. The minimum absolute atomic E-state index is 0.00389. The number of alkyl halides is 3. The molecule has 1 aliphatic heterocycles. The summed E-state index contributed by atoms with van der Waals surface area (Å²) in [5.41, 5.74) is 3.00. The molecule has 2 aliphatic carbocycles. The second-order valence-corrected chi connectivity index (χ2v) is 13.0. The Bertz CT molecular complexity index is 1400. The highest BCUT2D eigenvalue weighted by Gasteiger charge is 2.32. The van der Waals surface area contributed by atoms with E-state index in [4.69, 9.17) is 0 Å². The first-order chi connectivity index (χ1) is 21.3. The van der Waals surface area contributed by atoms with Crippen LogP contribution in [0.3, 0.4) is 0 Å². The number of hydrogen-bond donors (Lipinski definition) is 2. The summed E-state index contributed by atoms with van der Waals surface area (Å²) in [5.74, 6) is 1.89. The van der Waals surface area contributed by atoms with Crippen molar-refractivity contribution in [1.82, 2.24) is 10.3 Å². The van der Waals surface area contributed by atoms with E-state index >= 15 is 0 Å². The molecule has 1 saturated heterocycles. The lowest BCUT2D eigenvalue weighted by Gasteiger charge is -2.39. The number of pyridine rings is 1. The molecule has 0 bridgehead atoms. The molecular formula is C36H43F3N4O. The van der Waals surface area contributed by atoms with Gasteiger partial charge in [-0.3, -0.25) is 4.79 Å². The molecule has 2 N–H and O–H groups in total. The SMILES string of the molecule is O=C(NC1CCCC1)c1cccc(-c2ccnc(N[C@@H]3CCCC[C@H]3C[C@H]3CCCN(c4ccc(C(F)(F)F)cc4)C3)c2)c1. The van der Waals surface area contributed by atoms with Crippen LogP contribution in [0.1, 0.15) is 86.6 Å². The van der Waals surface area contributed by atoms with Gasteiger partial charge in [0, 0.05) is 42.6 Å². The van der Waals surface area contributed by atoms with E-state index < -0.39 is 11.7 Å². The molecule has 8 heteroatoms. The van der Waals surface area contributed by atoms with E-state index in [-0.39, 0.29) is 11.9 Å².